The van der Waals surface area contributed by atoms with Crippen molar-refractivity contribution in [3.05, 3.63) is 22.4 Å². The van der Waals surface area contributed by atoms with E-state index in [1.807, 2.05) is 0 Å². The summed E-state index contributed by atoms with van der Waals surface area (Å²) < 4.78 is 1.67. The van der Waals surface area contributed by atoms with E-state index in [0.717, 1.165) is 25.2 Å². The molecule has 2 rings (SSSR count). The van der Waals surface area contributed by atoms with Crippen LogP contribution in [-0.2, 0) is 13.0 Å². The smallest absolute Gasteiger partial charge is 0.272 e. The van der Waals surface area contributed by atoms with E-state index in [0.29, 0.717) is 0 Å². The lowest BCUT2D eigenvalue weighted by Crippen LogP contribution is -2.20. The van der Waals surface area contributed by atoms with Gasteiger partial charge in [-0.1, -0.05) is 0 Å². The van der Waals surface area contributed by atoms with Crippen molar-refractivity contribution >= 4 is 0 Å². The zero-order valence-electron chi connectivity index (χ0n) is 5.45. The SMILES string of the molecule is O=c1cnnc2n1CCC2. The zero-order valence-corrected chi connectivity index (χ0v) is 5.45. The van der Waals surface area contributed by atoms with Gasteiger partial charge in [0.05, 0.1) is 0 Å². The molecule has 0 saturated carbocycles. The standard InChI is InChI=1S/C6H7N3O/c10-6-4-7-8-5-2-1-3-9(5)6/h4H,1-3H2. The highest BCUT2D eigenvalue weighted by Gasteiger charge is 2.11. The number of hydrogen-bond acceptors (Lipinski definition) is 3. The maximum absolute atomic E-state index is 11.0. The molecular weight excluding hydrogens is 130 g/mol. The summed E-state index contributed by atoms with van der Waals surface area (Å²) in [6.07, 6.45) is 3.17. The van der Waals surface area contributed by atoms with Crippen LogP contribution in [0.3, 0.4) is 0 Å². The fourth-order valence-corrected chi connectivity index (χ4v) is 1.22. The molecule has 0 saturated heterocycles. The van der Waals surface area contributed by atoms with Gasteiger partial charge in [0, 0.05) is 13.0 Å². The topological polar surface area (TPSA) is 47.8 Å². The number of aryl methyl sites for hydroxylation is 1. The molecule has 1 aliphatic heterocycles. The van der Waals surface area contributed by atoms with Gasteiger partial charge in [0.1, 0.15) is 12.0 Å². The molecule has 0 spiro atoms. The molecule has 2 heterocycles. The molecule has 1 aromatic rings. The lowest BCUT2D eigenvalue weighted by atomic mass is 10.4. The third-order valence-corrected chi connectivity index (χ3v) is 1.70. The van der Waals surface area contributed by atoms with E-state index < -0.39 is 0 Å². The molecule has 0 aromatic carbocycles. The van der Waals surface area contributed by atoms with Gasteiger partial charge in [0.2, 0.25) is 0 Å². The number of fused-ring (bicyclic) bond motifs is 1. The Morgan fingerprint density at radius 3 is 3.30 bits per heavy atom. The molecule has 4 nitrogen and oxygen atoms in total. The van der Waals surface area contributed by atoms with Crippen LogP contribution in [0.15, 0.2) is 11.0 Å². The Bertz CT molecular complexity index is 304. The minimum atomic E-state index is -0.0255. The van der Waals surface area contributed by atoms with Gasteiger partial charge in [0.15, 0.2) is 0 Å². The van der Waals surface area contributed by atoms with Crippen LogP contribution >= 0.6 is 0 Å². The van der Waals surface area contributed by atoms with Crippen molar-refractivity contribution in [3.63, 3.8) is 0 Å². The minimum Gasteiger partial charge on any atom is -0.294 e. The van der Waals surface area contributed by atoms with Crippen LogP contribution in [0.1, 0.15) is 12.2 Å². The normalized spacial score (nSPS) is 15.2. The first kappa shape index (κ1) is 5.58. The summed E-state index contributed by atoms with van der Waals surface area (Å²) in [7, 11) is 0. The zero-order chi connectivity index (χ0) is 6.97. The van der Waals surface area contributed by atoms with Crippen LogP contribution in [0.4, 0.5) is 0 Å². The van der Waals surface area contributed by atoms with E-state index >= 15 is 0 Å². The summed E-state index contributed by atoms with van der Waals surface area (Å²) in [4.78, 5) is 11.0. The summed E-state index contributed by atoms with van der Waals surface area (Å²) in [6, 6.07) is 0. The van der Waals surface area contributed by atoms with Crippen molar-refractivity contribution < 1.29 is 0 Å². The fourth-order valence-electron chi connectivity index (χ4n) is 1.22. The first-order valence-electron chi connectivity index (χ1n) is 3.29. The van der Waals surface area contributed by atoms with Crippen molar-refractivity contribution in [2.75, 3.05) is 0 Å². The number of aromatic nitrogens is 3. The third-order valence-electron chi connectivity index (χ3n) is 1.70. The number of hydrogen-bond donors (Lipinski definition) is 0. The molecular formula is C6H7N3O. The highest BCUT2D eigenvalue weighted by atomic mass is 16.1. The van der Waals surface area contributed by atoms with Gasteiger partial charge in [-0.05, 0) is 6.42 Å². The van der Waals surface area contributed by atoms with E-state index in [1.165, 1.54) is 6.20 Å². The van der Waals surface area contributed by atoms with Crippen LogP contribution < -0.4 is 5.56 Å². The summed E-state index contributed by atoms with van der Waals surface area (Å²) >= 11 is 0. The van der Waals surface area contributed by atoms with E-state index in [1.54, 1.807) is 4.57 Å². The lowest BCUT2D eigenvalue weighted by Gasteiger charge is -1.95. The molecule has 0 unspecified atom stereocenters. The van der Waals surface area contributed by atoms with Crippen molar-refractivity contribution in [2.45, 2.75) is 19.4 Å². The minimum absolute atomic E-state index is 0.0255. The van der Waals surface area contributed by atoms with Gasteiger partial charge >= 0.3 is 0 Å². The average molecular weight is 137 g/mol. The second kappa shape index (κ2) is 1.90. The molecule has 0 amide bonds. The van der Waals surface area contributed by atoms with Gasteiger partial charge in [0.25, 0.3) is 5.56 Å². The lowest BCUT2D eigenvalue weighted by molar-refractivity contribution is 0.691. The highest BCUT2D eigenvalue weighted by molar-refractivity contribution is 4.92. The fraction of sp³-hybridized carbons (Fsp3) is 0.500. The van der Waals surface area contributed by atoms with Crippen LogP contribution in [0.25, 0.3) is 0 Å². The summed E-state index contributed by atoms with van der Waals surface area (Å²) in [6.45, 7) is 0.809. The second-order valence-electron chi connectivity index (χ2n) is 2.35. The molecule has 1 aromatic heterocycles. The molecule has 1 aliphatic rings. The van der Waals surface area contributed by atoms with Crippen molar-refractivity contribution in [1.29, 1.82) is 0 Å². The van der Waals surface area contributed by atoms with Crippen LogP contribution in [-0.4, -0.2) is 14.8 Å². The van der Waals surface area contributed by atoms with E-state index in [4.69, 9.17) is 0 Å². The Morgan fingerprint density at radius 1 is 1.60 bits per heavy atom. The monoisotopic (exact) mass is 137 g/mol. The van der Waals surface area contributed by atoms with Crippen molar-refractivity contribution in [2.24, 2.45) is 0 Å². The van der Waals surface area contributed by atoms with Crippen LogP contribution in [0.5, 0.6) is 0 Å². The largest absolute Gasteiger partial charge is 0.294 e. The molecule has 0 fully saturated rings. The van der Waals surface area contributed by atoms with Gasteiger partial charge < -0.3 is 0 Å². The molecule has 0 atom stereocenters. The predicted octanol–water partition coefficient (Wildman–Crippen LogP) is -0.416. The van der Waals surface area contributed by atoms with Gasteiger partial charge in [-0.2, -0.15) is 5.10 Å². The molecule has 0 N–H and O–H groups in total. The third kappa shape index (κ3) is 0.650. The van der Waals surface area contributed by atoms with E-state index in [9.17, 15) is 4.79 Å². The first-order valence-corrected chi connectivity index (χ1v) is 3.29. The average Bonchev–Trinajstić information content (AvgIpc) is 2.36. The summed E-state index contributed by atoms with van der Waals surface area (Å²) in [5, 5.41) is 7.41. The number of nitrogens with zero attached hydrogens (tertiary/aromatic N) is 3. The molecule has 0 bridgehead atoms. The first-order chi connectivity index (χ1) is 4.88. The van der Waals surface area contributed by atoms with E-state index in [-0.39, 0.29) is 5.56 Å². The second-order valence-corrected chi connectivity index (χ2v) is 2.35. The Labute approximate surface area is 57.5 Å². The van der Waals surface area contributed by atoms with Crippen LogP contribution in [0.2, 0.25) is 0 Å². The highest BCUT2D eigenvalue weighted by Crippen LogP contribution is 2.05. The van der Waals surface area contributed by atoms with Gasteiger partial charge in [-0.15, -0.1) is 5.10 Å². The Kier molecular flexibility index (Phi) is 1.06. The Morgan fingerprint density at radius 2 is 2.50 bits per heavy atom. The molecule has 0 radical (unpaired) electrons. The molecule has 0 aliphatic carbocycles. The number of rotatable bonds is 0. The maximum atomic E-state index is 11.0. The Balaban J connectivity index is 2.70. The van der Waals surface area contributed by atoms with Crippen LogP contribution in [0, 0.1) is 0 Å². The maximum Gasteiger partial charge on any atom is 0.272 e. The Hall–Kier alpha value is -1.19. The summed E-state index contributed by atoms with van der Waals surface area (Å²) in [5.74, 6) is 0.826. The van der Waals surface area contributed by atoms with Gasteiger partial charge in [-0.25, -0.2) is 0 Å². The summed E-state index contributed by atoms with van der Waals surface area (Å²) in [5.41, 5.74) is -0.0255. The predicted molar refractivity (Wildman–Crippen MR) is 34.6 cm³/mol. The van der Waals surface area contributed by atoms with Crippen molar-refractivity contribution in [1.82, 2.24) is 14.8 Å². The quantitative estimate of drug-likeness (QED) is 0.488. The molecule has 4 heteroatoms. The molecule has 10 heavy (non-hydrogen) atoms. The van der Waals surface area contributed by atoms with Gasteiger partial charge in [-0.3, -0.25) is 9.36 Å². The molecule has 52 valence electrons. The van der Waals surface area contributed by atoms with Crippen molar-refractivity contribution in [3.8, 4) is 0 Å². The van der Waals surface area contributed by atoms with E-state index in [2.05, 4.69) is 10.2 Å².